The second kappa shape index (κ2) is 5.52. The molecular formula is C15H13FO3. The van der Waals surface area contributed by atoms with Gasteiger partial charge in [-0.15, -0.1) is 0 Å². The van der Waals surface area contributed by atoms with Crippen molar-refractivity contribution >= 4 is 5.97 Å². The van der Waals surface area contributed by atoms with E-state index < -0.39 is 17.3 Å². The second-order valence-electron chi connectivity index (χ2n) is 4.02. The Balaban J connectivity index is 2.38. The van der Waals surface area contributed by atoms with Gasteiger partial charge in [-0.3, -0.25) is 0 Å². The van der Waals surface area contributed by atoms with Crippen molar-refractivity contribution < 1.29 is 19.0 Å². The fourth-order valence-corrected chi connectivity index (χ4v) is 1.75. The molecule has 0 fully saturated rings. The molecule has 4 heteroatoms. The largest absolute Gasteiger partial charge is 0.477 e. The zero-order chi connectivity index (χ0) is 13.8. The van der Waals surface area contributed by atoms with Gasteiger partial charge in [-0.25, -0.2) is 9.18 Å². The molecule has 0 aliphatic heterocycles. The van der Waals surface area contributed by atoms with Crippen molar-refractivity contribution in [1.29, 1.82) is 0 Å². The number of carbonyl (C=O) groups is 1. The number of halogens is 1. The van der Waals surface area contributed by atoms with E-state index in [4.69, 9.17) is 9.84 Å². The van der Waals surface area contributed by atoms with Crippen LogP contribution in [0, 0.1) is 5.82 Å². The predicted octanol–water partition coefficient (Wildman–Crippen LogP) is 3.88. The molecule has 98 valence electrons. The van der Waals surface area contributed by atoms with Gasteiger partial charge in [-0.2, -0.15) is 0 Å². The third-order valence-electron chi connectivity index (χ3n) is 2.72. The average molecular weight is 260 g/mol. The molecule has 19 heavy (non-hydrogen) atoms. The highest BCUT2D eigenvalue weighted by Gasteiger charge is 2.17. The number of carboxylic acid groups (broad SMARTS) is 1. The van der Waals surface area contributed by atoms with Crippen LogP contribution in [-0.4, -0.2) is 11.1 Å². The molecule has 0 amide bonds. The molecule has 0 saturated carbocycles. The van der Waals surface area contributed by atoms with Crippen molar-refractivity contribution in [3.63, 3.8) is 0 Å². The molecule has 0 saturated heterocycles. The monoisotopic (exact) mass is 260 g/mol. The van der Waals surface area contributed by atoms with E-state index in [2.05, 4.69) is 0 Å². The lowest BCUT2D eigenvalue weighted by Crippen LogP contribution is -2.03. The van der Waals surface area contributed by atoms with E-state index >= 15 is 0 Å². The van der Waals surface area contributed by atoms with E-state index in [-0.39, 0.29) is 5.75 Å². The van der Waals surface area contributed by atoms with Crippen LogP contribution in [0.5, 0.6) is 11.5 Å². The summed E-state index contributed by atoms with van der Waals surface area (Å²) >= 11 is 0. The Morgan fingerprint density at radius 3 is 2.68 bits per heavy atom. The molecule has 0 aliphatic carbocycles. The molecule has 0 aliphatic rings. The third-order valence-corrected chi connectivity index (χ3v) is 2.72. The summed E-state index contributed by atoms with van der Waals surface area (Å²) in [5.41, 5.74) is 0.607. The van der Waals surface area contributed by atoms with E-state index in [1.807, 2.05) is 19.1 Å². The van der Waals surface area contributed by atoms with Gasteiger partial charge in [0.1, 0.15) is 22.9 Å². The van der Waals surface area contributed by atoms with Crippen LogP contribution in [0.15, 0.2) is 42.5 Å². The zero-order valence-electron chi connectivity index (χ0n) is 10.4. The second-order valence-corrected chi connectivity index (χ2v) is 4.02. The van der Waals surface area contributed by atoms with E-state index in [0.717, 1.165) is 18.1 Å². The van der Waals surface area contributed by atoms with Crippen LogP contribution < -0.4 is 4.74 Å². The molecule has 0 aromatic heterocycles. The number of rotatable bonds is 4. The van der Waals surface area contributed by atoms with Gasteiger partial charge < -0.3 is 9.84 Å². The maximum Gasteiger partial charge on any atom is 0.342 e. The summed E-state index contributed by atoms with van der Waals surface area (Å²) in [7, 11) is 0. The van der Waals surface area contributed by atoms with Gasteiger partial charge in [0.05, 0.1) is 0 Å². The standard InChI is InChI=1S/C15H13FO3/c1-2-10-5-3-6-11(9-10)19-13-8-4-7-12(16)14(13)15(17)18/h3-9H,2H2,1H3,(H,17,18). The first-order valence-electron chi connectivity index (χ1n) is 5.90. The Labute approximate surface area is 110 Å². The Bertz CT molecular complexity index is 608. The Hall–Kier alpha value is -2.36. The maximum absolute atomic E-state index is 13.5. The predicted molar refractivity (Wildman–Crippen MR) is 69.3 cm³/mol. The molecule has 0 atom stereocenters. The molecule has 3 nitrogen and oxygen atoms in total. The quantitative estimate of drug-likeness (QED) is 0.907. The topological polar surface area (TPSA) is 46.5 Å². The summed E-state index contributed by atoms with van der Waals surface area (Å²) < 4.78 is 19.0. The number of ether oxygens (including phenoxy) is 1. The number of aryl methyl sites for hydroxylation is 1. The van der Waals surface area contributed by atoms with Crippen LogP contribution in [0.3, 0.4) is 0 Å². The van der Waals surface area contributed by atoms with Gasteiger partial charge in [0.25, 0.3) is 0 Å². The van der Waals surface area contributed by atoms with Crippen LogP contribution in [0.1, 0.15) is 22.8 Å². The molecule has 1 N–H and O–H groups in total. The number of hydrogen-bond acceptors (Lipinski definition) is 2. The lowest BCUT2D eigenvalue weighted by molar-refractivity contribution is 0.0689. The van der Waals surface area contributed by atoms with Gasteiger partial charge in [0, 0.05) is 0 Å². The highest BCUT2D eigenvalue weighted by Crippen LogP contribution is 2.27. The molecule has 2 rings (SSSR count). The summed E-state index contributed by atoms with van der Waals surface area (Å²) in [6.07, 6.45) is 0.839. The molecule has 0 unspecified atom stereocenters. The lowest BCUT2D eigenvalue weighted by atomic mass is 10.1. The first-order chi connectivity index (χ1) is 9.11. The highest BCUT2D eigenvalue weighted by atomic mass is 19.1. The van der Waals surface area contributed by atoms with Crippen LogP contribution in [-0.2, 0) is 6.42 Å². The van der Waals surface area contributed by atoms with Crippen LogP contribution in [0.2, 0.25) is 0 Å². The minimum Gasteiger partial charge on any atom is -0.477 e. The normalized spacial score (nSPS) is 10.2. The number of hydrogen-bond donors (Lipinski definition) is 1. The number of aromatic carboxylic acids is 1. The fraction of sp³-hybridized carbons (Fsp3) is 0.133. The summed E-state index contributed by atoms with van der Waals surface area (Å²) in [5, 5.41) is 9.01. The Kier molecular flexibility index (Phi) is 3.80. The van der Waals surface area contributed by atoms with E-state index in [1.54, 1.807) is 12.1 Å². The molecule has 0 heterocycles. The molecule has 2 aromatic carbocycles. The maximum atomic E-state index is 13.5. The lowest BCUT2D eigenvalue weighted by Gasteiger charge is -2.10. The van der Waals surface area contributed by atoms with Crippen molar-refractivity contribution in [3.8, 4) is 11.5 Å². The first kappa shape index (κ1) is 13.1. The highest BCUT2D eigenvalue weighted by molar-refractivity contribution is 5.91. The fourth-order valence-electron chi connectivity index (χ4n) is 1.75. The minimum atomic E-state index is -1.35. The van der Waals surface area contributed by atoms with Crippen LogP contribution >= 0.6 is 0 Å². The minimum absolute atomic E-state index is 0.000697. The summed E-state index contributed by atoms with van der Waals surface area (Å²) in [4.78, 5) is 11.0. The zero-order valence-corrected chi connectivity index (χ0v) is 10.4. The molecule has 0 radical (unpaired) electrons. The smallest absolute Gasteiger partial charge is 0.342 e. The molecule has 0 bridgehead atoms. The van der Waals surface area contributed by atoms with Crippen molar-refractivity contribution in [2.24, 2.45) is 0 Å². The van der Waals surface area contributed by atoms with E-state index in [1.165, 1.54) is 12.1 Å². The number of benzene rings is 2. The third kappa shape index (κ3) is 2.91. The summed E-state index contributed by atoms with van der Waals surface area (Å²) in [5.74, 6) is -1.66. The Morgan fingerprint density at radius 2 is 2.00 bits per heavy atom. The van der Waals surface area contributed by atoms with Crippen LogP contribution in [0.4, 0.5) is 4.39 Å². The number of carboxylic acids is 1. The summed E-state index contributed by atoms with van der Waals surface area (Å²) in [6.45, 7) is 2.00. The van der Waals surface area contributed by atoms with Crippen molar-refractivity contribution in [2.45, 2.75) is 13.3 Å². The molecule has 2 aromatic rings. The summed E-state index contributed by atoms with van der Waals surface area (Å²) in [6, 6.07) is 11.2. The van der Waals surface area contributed by atoms with Gasteiger partial charge in [0.15, 0.2) is 0 Å². The van der Waals surface area contributed by atoms with Gasteiger partial charge in [0.2, 0.25) is 0 Å². The SMILES string of the molecule is CCc1cccc(Oc2cccc(F)c2C(=O)O)c1. The van der Waals surface area contributed by atoms with Gasteiger partial charge in [-0.1, -0.05) is 25.1 Å². The molecular weight excluding hydrogens is 247 g/mol. The first-order valence-corrected chi connectivity index (χ1v) is 5.90. The Morgan fingerprint density at radius 1 is 1.26 bits per heavy atom. The van der Waals surface area contributed by atoms with Crippen molar-refractivity contribution in [1.82, 2.24) is 0 Å². The molecule has 0 spiro atoms. The van der Waals surface area contributed by atoms with Crippen molar-refractivity contribution in [3.05, 3.63) is 59.4 Å². The van der Waals surface area contributed by atoms with Crippen LogP contribution in [0.25, 0.3) is 0 Å². The van der Waals surface area contributed by atoms with Gasteiger partial charge >= 0.3 is 5.97 Å². The van der Waals surface area contributed by atoms with E-state index in [0.29, 0.717) is 5.75 Å². The van der Waals surface area contributed by atoms with Gasteiger partial charge in [-0.05, 0) is 36.2 Å². The van der Waals surface area contributed by atoms with E-state index in [9.17, 15) is 9.18 Å². The van der Waals surface area contributed by atoms with Crippen molar-refractivity contribution in [2.75, 3.05) is 0 Å². The average Bonchev–Trinajstić information content (AvgIpc) is 2.38.